The summed E-state index contributed by atoms with van der Waals surface area (Å²) in [5.74, 6) is 1.46. The van der Waals surface area contributed by atoms with E-state index in [1.807, 2.05) is 0 Å². The molecule has 1 aromatic rings. The van der Waals surface area contributed by atoms with E-state index in [0.717, 1.165) is 71.7 Å². The van der Waals surface area contributed by atoms with Crippen LogP contribution in [-0.2, 0) is 16.0 Å². The van der Waals surface area contributed by atoms with Gasteiger partial charge in [-0.15, -0.1) is 24.0 Å². The van der Waals surface area contributed by atoms with E-state index < -0.39 is 0 Å². The molecule has 7 nitrogen and oxygen atoms in total. The van der Waals surface area contributed by atoms with Gasteiger partial charge in [-0.3, -0.25) is 4.90 Å². The van der Waals surface area contributed by atoms with Gasteiger partial charge in [0.1, 0.15) is 0 Å². The van der Waals surface area contributed by atoms with Gasteiger partial charge >= 0.3 is 0 Å². The summed E-state index contributed by atoms with van der Waals surface area (Å²) in [6.07, 6.45) is 0. The monoisotopic (exact) mass is 545 g/mol. The largest absolute Gasteiger partial charge is 0.379 e. The van der Waals surface area contributed by atoms with Gasteiger partial charge in [-0.25, -0.2) is 4.99 Å². The fourth-order valence-corrected chi connectivity index (χ4v) is 4.04. The summed E-state index contributed by atoms with van der Waals surface area (Å²) < 4.78 is 11.0. The smallest absolute Gasteiger partial charge is 0.191 e. The molecule has 1 aromatic carbocycles. The summed E-state index contributed by atoms with van der Waals surface area (Å²) >= 11 is 0. The van der Waals surface area contributed by atoms with Crippen molar-refractivity contribution in [2.75, 3.05) is 70.6 Å². The number of hydrogen-bond acceptors (Lipinski definition) is 5. The van der Waals surface area contributed by atoms with Gasteiger partial charge in [0.05, 0.1) is 33.0 Å². The zero-order valence-electron chi connectivity index (χ0n) is 19.3. The number of benzene rings is 1. The van der Waals surface area contributed by atoms with Crippen molar-refractivity contribution < 1.29 is 9.47 Å². The SMILES string of the molecule is CCNC(=NCc1ccc(N2CCOCC2)cc1)NCC(C(C)C)N1CCOCC1.I. The molecule has 8 heteroatoms. The molecule has 0 aromatic heterocycles. The number of guanidine groups is 1. The number of rotatable bonds is 8. The highest BCUT2D eigenvalue weighted by Gasteiger charge is 2.23. The Kier molecular flexibility index (Phi) is 11.9. The molecule has 0 radical (unpaired) electrons. The number of halogens is 1. The zero-order chi connectivity index (χ0) is 21.2. The van der Waals surface area contributed by atoms with E-state index in [4.69, 9.17) is 14.5 Å². The van der Waals surface area contributed by atoms with Gasteiger partial charge in [-0.05, 0) is 30.5 Å². The van der Waals surface area contributed by atoms with Crippen LogP contribution in [0.5, 0.6) is 0 Å². The van der Waals surface area contributed by atoms with Crippen LogP contribution in [0.3, 0.4) is 0 Å². The first-order valence-electron chi connectivity index (χ1n) is 11.4. The van der Waals surface area contributed by atoms with Crippen LogP contribution in [-0.4, -0.2) is 82.6 Å². The van der Waals surface area contributed by atoms with Gasteiger partial charge in [0.25, 0.3) is 0 Å². The molecule has 2 N–H and O–H groups in total. The van der Waals surface area contributed by atoms with E-state index in [-0.39, 0.29) is 24.0 Å². The highest BCUT2D eigenvalue weighted by Crippen LogP contribution is 2.17. The van der Waals surface area contributed by atoms with Crippen molar-refractivity contribution in [1.29, 1.82) is 0 Å². The Morgan fingerprint density at radius 3 is 2.16 bits per heavy atom. The molecular weight excluding hydrogens is 505 g/mol. The molecular formula is C23H40IN5O2. The average molecular weight is 546 g/mol. The van der Waals surface area contributed by atoms with Crippen LogP contribution in [0.15, 0.2) is 29.3 Å². The maximum Gasteiger partial charge on any atom is 0.191 e. The van der Waals surface area contributed by atoms with Crippen LogP contribution in [0.2, 0.25) is 0 Å². The highest BCUT2D eigenvalue weighted by molar-refractivity contribution is 14.0. The number of nitrogens with zero attached hydrogens (tertiary/aromatic N) is 3. The van der Waals surface area contributed by atoms with E-state index in [2.05, 4.69) is 65.5 Å². The van der Waals surface area contributed by atoms with E-state index in [1.54, 1.807) is 0 Å². The summed E-state index contributed by atoms with van der Waals surface area (Å²) in [7, 11) is 0. The first-order chi connectivity index (χ1) is 14.7. The van der Waals surface area contributed by atoms with E-state index >= 15 is 0 Å². The number of nitrogens with one attached hydrogen (secondary N) is 2. The molecule has 0 aliphatic carbocycles. The third kappa shape index (κ3) is 8.40. The second-order valence-electron chi connectivity index (χ2n) is 8.30. The summed E-state index contributed by atoms with van der Waals surface area (Å²) in [6, 6.07) is 9.24. The predicted molar refractivity (Wildman–Crippen MR) is 139 cm³/mol. The second kappa shape index (κ2) is 14.1. The number of aliphatic imine (C=N–C) groups is 1. The minimum atomic E-state index is 0. The minimum absolute atomic E-state index is 0. The Labute approximate surface area is 205 Å². The first kappa shape index (κ1) is 26.2. The molecule has 2 saturated heterocycles. The average Bonchev–Trinajstić information content (AvgIpc) is 2.79. The van der Waals surface area contributed by atoms with E-state index in [0.29, 0.717) is 18.5 Å². The molecule has 2 aliphatic rings. The van der Waals surface area contributed by atoms with Crippen LogP contribution in [0.4, 0.5) is 5.69 Å². The third-order valence-corrected chi connectivity index (χ3v) is 5.84. The molecule has 1 unspecified atom stereocenters. The fourth-order valence-electron chi connectivity index (χ4n) is 4.04. The summed E-state index contributed by atoms with van der Waals surface area (Å²) in [4.78, 5) is 9.73. The van der Waals surface area contributed by atoms with Gasteiger partial charge in [0.15, 0.2) is 5.96 Å². The molecule has 1 atom stereocenters. The summed E-state index contributed by atoms with van der Waals surface area (Å²) in [5.41, 5.74) is 2.49. The predicted octanol–water partition coefficient (Wildman–Crippen LogP) is 2.55. The van der Waals surface area contributed by atoms with Crippen molar-refractivity contribution in [3.05, 3.63) is 29.8 Å². The van der Waals surface area contributed by atoms with Crippen molar-refractivity contribution in [2.45, 2.75) is 33.4 Å². The molecule has 3 rings (SSSR count). The Balaban J connectivity index is 0.00000341. The Morgan fingerprint density at radius 1 is 0.968 bits per heavy atom. The summed E-state index contributed by atoms with van der Waals surface area (Å²) in [6.45, 7) is 16.3. The van der Waals surface area contributed by atoms with Gasteiger partial charge in [-0.1, -0.05) is 26.0 Å². The second-order valence-corrected chi connectivity index (χ2v) is 8.30. The third-order valence-electron chi connectivity index (χ3n) is 5.84. The lowest BCUT2D eigenvalue weighted by atomic mass is 10.0. The minimum Gasteiger partial charge on any atom is -0.379 e. The van der Waals surface area contributed by atoms with Crippen molar-refractivity contribution >= 4 is 35.6 Å². The van der Waals surface area contributed by atoms with Gasteiger partial charge in [0.2, 0.25) is 0 Å². The van der Waals surface area contributed by atoms with Crippen molar-refractivity contribution in [1.82, 2.24) is 15.5 Å². The van der Waals surface area contributed by atoms with E-state index in [9.17, 15) is 0 Å². The van der Waals surface area contributed by atoms with Crippen LogP contribution < -0.4 is 15.5 Å². The van der Waals surface area contributed by atoms with Crippen molar-refractivity contribution in [3.63, 3.8) is 0 Å². The molecule has 0 saturated carbocycles. The molecule has 0 bridgehead atoms. The molecule has 2 aliphatic heterocycles. The normalized spacial score (nSPS) is 19.1. The molecule has 176 valence electrons. The fraction of sp³-hybridized carbons (Fsp3) is 0.696. The molecule has 0 spiro atoms. The lowest BCUT2D eigenvalue weighted by Gasteiger charge is -2.37. The zero-order valence-corrected chi connectivity index (χ0v) is 21.6. The maximum atomic E-state index is 5.52. The molecule has 2 heterocycles. The quantitative estimate of drug-likeness (QED) is 0.298. The molecule has 31 heavy (non-hydrogen) atoms. The lowest BCUT2D eigenvalue weighted by Crippen LogP contribution is -2.52. The van der Waals surface area contributed by atoms with Crippen LogP contribution in [0.25, 0.3) is 0 Å². The Hall–Kier alpha value is -1.10. The highest BCUT2D eigenvalue weighted by atomic mass is 127. The number of hydrogen-bond donors (Lipinski definition) is 2. The molecule has 2 fully saturated rings. The van der Waals surface area contributed by atoms with Crippen LogP contribution in [0, 0.1) is 5.92 Å². The van der Waals surface area contributed by atoms with Crippen LogP contribution in [0.1, 0.15) is 26.3 Å². The van der Waals surface area contributed by atoms with Gasteiger partial charge in [-0.2, -0.15) is 0 Å². The van der Waals surface area contributed by atoms with Gasteiger partial charge < -0.3 is 25.0 Å². The van der Waals surface area contributed by atoms with Gasteiger partial charge in [0, 0.05) is 51.0 Å². The van der Waals surface area contributed by atoms with Crippen molar-refractivity contribution in [2.24, 2.45) is 10.9 Å². The Morgan fingerprint density at radius 2 is 1.58 bits per heavy atom. The number of morpholine rings is 2. The maximum absolute atomic E-state index is 5.52. The van der Waals surface area contributed by atoms with Crippen LogP contribution >= 0.6 is 24.0 Å². The standard InChI is InChI=1S/C23H39N5O2.HI/c1-4-24-23(26-18-22(19(2)3)28-11-15-30-16-12-28)25-17-20-5-7-21(8-6-20)27-9-13-29-14-10-27;/h5-8,19,22H,4,9-18H2,1-3H3,(H2,24,25,26);1H. The topological polar surface area (TPSA) is 61.4 Å². The van der Waals surface area contributed by atoms with E-state index in [1.165, 1.54) is 11.3 Å². The van der Waals surface area contributed by atoms with Crippen molar-refractivity contribution in [3.8, 4) is 0 Å². The number of anilines is 1. The molecule has 0 amide bonds. The number of ether oxygens (including phenoxy) is 2. The summed E-state index contributed by atoms with van der Waals surface area (Å²) in [5, 5.41) is 6.95. The Bertz CT molecular complexity index is 644. The first-order valence-corrected chi connectivity index (χ1v) is 11.4. The lowest BCUT2D eigenvalue weighted by molar-refractivity contribution is 0.00752.